The molecule has 38 heavy (non-hydrogen) atoms. The average molecular weight is 634 g/mol. The molecule has 5 aromatic rings. The molecule has 3 aromatic carbocycles. The third kappa shape index (κ3) is 5.37. The van der Waals surface area contributed by atoms with Crippen LogP contribution in [0.3, 0.4) is 0 Å². The van der Waals surface area contributed by atoms with E-state index in [1.165, 1.54) is 4.68 Å². The van der Waals surface area contributed by atoms with Gasteiger partial charge >= 0.3 is 0 Å². The van der Waals surface area contributed by atoms with Crippen molar-refractivity contribution >= 4 is 49.0 Å². The Morgan fingerprint density at radius 2 is 1.66 bits per heavy atom. The molecule has 8 heteroatoms. The summed E-state index contributed by atoms with van der Waals surface area (Å²) >= 11 is 6.90. The minimum absolute atomic E-state index is 0.183. The highest BCUT2D eigenvalue weighted by molar-refractivity contribution is 9.10. The van der Waals surface area contributed by atoms with Crippen LogP contribution in [0.5, 0.6) is 5.75 Å². The maximum Gasteiger partial charge on any atom is 0.282 e. The minimum atomic E-state index is -0.183. The van der Waals surface area contributed by atoms with Gasteiger partial charge in [-0.15, -0.1) is 0 Å². The van der Waals surface area contributed by atoms with Crippen LogP contribution >= 0.6 is 31.9 Å². The van der Waals surface area contributed by atoms with Gasteiger partial charge in [0.15, 0.2) is 0 Å². The summed E-state index contributed by atoms with van der Waals surface area (Å²) in [6, 6.07) is 23.7. The molecule has 0 aliphatic heterocycles. The van der Waals surface area contributed by atoms with Crippen molar-refractivity contribution in [3.8, 4) is 11.4 Å². The van der Waals surface area contributed by atoms with E-state index in [1.54, 1.807) is 12.3 Å². The number of ether oxygens (including phenoxy) is 1. The number of halogens is 2. The largest absolute Gasteiger partial charge is 0.489 e. The Bertz CT molecular complexity index is 1700. The van der Waals surface area contributed by atoms with Gasteiger partial charge in [0.2, 0.25) is 0 Å². The Kier molecular flexibility index (Phi) is 7.63. The fourth-order valence-electron chi connectivity index (χ4n) is 4.42. The predicted octanol–water partition coefficient (Wildman–Crippen LogP) is 7.35. The lowest BCUT2D eigenvalue weighted by Crippen LogP contribution is -2.22. The van der Waals surface area contributed by atoms with E-state index in [-0.39, 0.29) is 5.56 Å². The minimum Gasteiger partial charge on any atom is -0.489 e. The molecule has 0 aliphatic rings. The van der Waals surface area contributed by atoms with Gasteiger partial charge in [0.05, 0.1) is 17.1 Å². The molecular weight excluding hydrogens is 608 g/mol. The van der Waals surface area contributed by atoms with Crippen molar-refractivity contribution in [3.05, 3.63) is 120 Å². The van der Waals surface area contributed by atoms with E-state index in [2.05, 4.69) is 59.5 Å². The first-order valence-corrected chi connectivity index (χ1v) is 13.8. The smallest absolute Gasteiger partial charge is 0.282 e. The highest BCUT2D eigenvalue weighted by atomic mass is 79.9. The number of aryl methyl sites for hydroxylation is 2. The fourth-order valence-corrected chi connectivity index (χ4v) is 5.04. The summed E-state index contributed by atoms with van der Waals surface area (Å²) in [5.41, 5.74) is 5.65. The van der Waals surface area contributed by atoms with Crippen LogP contribution < -0.4 is 10.3 Å². The Labute approximate surface area is 237 Å². The predicted molar refractivity (Wildman–Crippen MR) is 160 cm³/mol. The van der Waals surface area contributed by atoms with Crippen molar-refractivity contribution in [3.63, 3.8) is 0 Å². The Morgan fingerprint density at radius 1 is 0.947 bits per heavy atom. The molecule has 5 rings (SSSR count). The topological polar surface area (TPSA) is 61.4 Å². The quantitative estimate of drug-likeness (QED) is 0.176. The molecule has 0 saturated carbocycles. The lowest BCUT2D eigenvalue weighted by molar-refractivity contribution is 0.306. The molecule has 0 bridgehead atoms. The van der Waals surface area contributed by atoms with E-state index in [0.29, 0.717) is 29.8 Å². The molecular formula is C30H26Br2N4O2. The van der Waals surface area contributed by atoms with Crippen LogP contribution in [-0.4, -0.2) is 20.4 Å². The van der Waals surface area contributed by atoms with Crippen LogP contribution in [0.25, 0.3) is 16.6 Å². The molecule has 2 aromatic heterocycles. The maximum absolute atomic E-state index is 13.2. The molecule has 0 fully saturated rings. The van der Waals surface area contributed by atoms with Crippen molar-refractivity contribution in [2.45, 2.75) is 33.8 Å². The van der Waals surface area contributed by atoms with Crippen molar-refractivity contribution < 1.29 is 4.74 Å². The number of fused-ring (bicyclic) bond motifs is 1. The van der Waals surface area contributed by atoms with E-state index in [9.17, 15) is 4.79 Å². The molecule has 0 aliphatic carbocycles. The van der Waals surface area contributed by atoms with Crippen LogP contribution in [-0.2, 0) is 13.0 Å². The zero-order chi connectivity index (χ0) is 26.8. The molecule has 0 saturated heterocycles. The van der Waals surface area contributed by atoms with Crippen LogP contribution in [0.15, 0.2) is 91.6 Å². The van der Waals surface area contributed by atoms with E-state index < -0.39 is 0 Å². The maximum atomic E-state index is 13.2. The summed E-state index contributed by atoms with van der Waals surface area (Å²) < 4.78 is 11.4. The molecule has 2 heterocycles. The number of hydrogen-bond donors (Lipinski definition) is 0. The second-order valence-electron chi connectivity index (χ2n) is 8.98. The van der Waals surface area contributed by atoms with Gasteiger partial charge in [-0.3, -0.25) is 4.79 Å². The van der Waals surface area contributed by atoms with Crippen molar-refractivity contribution in [2.75, 3.05) is 0 Å². The average Bonchev–Trinajstić information content (AvgIpc) is 3.20. The lowest BCUT2D eigenvalue weighted by Gasteiger charge is -2.12. The first-order valence-electron chi connectivity index (χ1n) is 12.3. The van der Waals surface area contributed by atoms with Gasteiger partial charge in [-0.05, 0) is 80.1 Å². The summed E-state index contributed by atoms with van der Waals surface area (Å²) in [6.07, 6.45) is 2.33. The highest BCUT2D eigenvalue weighted by Gasteiger charge is 2.12. The SMILES string of the molecule is CCc1nc2ccc(Br)cc2c(=O)n1N=Cc1cc(C)n(-c2ccc(OCc3ccc(Br)cc3)cc2)c1C. The van der Waals surface area contributed by atoms with E-state index in [1.807, 2.05) is 74.5 Å². The third-order valence-corrected chi connectivity index (χ3v) is 7.41. The van der Waals surface area contributed by atoms with Gasteiger partial charge < -0.3 is 9.30 Å². The van der Waals surface area contributed by atoms with Crippen LogP contribution in [0.2, 0.25) is 0 Å². The molecule has 0 spiro atoms. The molecule has 0 N–H and O–H groups in total. The van der Waals surface area contributed by atoms with Gasteiger partial charge in [-0.2, -0.15) is 9.78 Å². The molecule has 0 amide bonds. The highest BCUT2D eigenvalue weighted by Crippen LogP contribution is 2.23. The van der Waals surface area contributed by atoms with Gasteiger partial charge in [-0.25, -0.2) is 4.98 Å². The van der Waals surface area contributed by atoms with Crippen molar-refractivity contribution in [1.29, 1.82) is 0 Å². The lowest BCUT2D eigenvalue weighted by atomic mass is 10.2. The zero-order valence-corrected chi connectivity index (χ0v) is 24.5. The number of benzene rings is 3. The van der Waals surface area contributed by atoms with Crippen LogP contribution in [0, 0.1) is 13.8 Å². The van der Waals surface area contributed by atoms with E-state index >= 15 is 0 Å². The molecule has 6 nitrogen and oxygen atoms in total. The van der Waals surface area contributed by atoms with Gasteiger partial charge in [0.1, 0.15) is 18.2 Å². The number of hydrogen-bond acceptors (Lipinski definition) is 4. The van der Waals surface area contributed by atoms with Crippen molar-refractivity contribution in [1.82, 2.24) is 14.2 Å². The monoisotopic (exact) mass is 632 g/mol. The molecule has 0 radical (unpaired) electrons. The van der Waals surface area contributed by atoms with Gasteiger partial charge in [0.25, 0.3) is 5.56 Å². The summed E-state index contributed by atoms with van der Waals surface area (Å²) in [4.78, 5) is 17.9. The second-order valence-corrected chi connectivity index (χ2v) is 10.8. The molecule has 192 valence electrons. The molecule has 0 atom stereocenters. The zero-order valence-electron chi connectivity index (χ0n) is 21.3. The van der Waals surface area contributed by atoms with Crippen LogP contribution in [0.4, 0.5) is 0 Å². The number of aromatic nitrogens is 3. The Balaban J connectivity index is 1.40. The number of rotatable bonds is 7. The van der Waals surface area contributed by atoms with Crippen molar-refractivity contribution in [2.24, 2.45) is 5.10 Å². The summed E-state index contributed by atoms with van der Waals surface area (Å²) in [6.45, 7) is 6.58. The number of nitrogens with zero attached hydrogens (tertiary/aromatic N) is 4. The van der Waals surface area contributed by atoms with Gasteiger partial charge in [0, 0.05) is 38.0 Å². The fraction of sp³-hybridized carbons (Fsp3) is 0.167. The summed E-state index contributed by atoms with van der Waals surface area (Å²) in [7, 11) is 0. The third-order valence-electron chi connectivity index (χ3n) is 6.39. The van der Waals surface area contributed by atoms with Crippen LogP contribution in [0.1, 0.15) is 35.3 Å². The first-order chi connectivity index (χ1) is 18.3. The summed E-state index contributed by atoms with van der Waals surface area (Å²) in [5, 5.41) is 5.10. The summed E-state index contributed by atoms with van der Waals surface area (Å²) in [5.74, 6) is 1.43. The normalized spacial score (nSPS) is 11.5. The Morgan fingerprint density at radius 3 is 2.37 bits per heavy atom. The molecule has 0 unspecified atom stereocenters. The second kappa shape index (κ2) is 11.1. The standard InChI is InChI=1S/C30H26Br2N4O2/c1-4-29-34-28-14-9-24(32)16-27(28)30(37)36(29)33-17-22-15-19(2)35(20(22)3)25-10-12-26(13-11-25)38-18-21-5-7-23(31)8-6-21/h5-17H,4,18H2,1-3H3. The van der Waals surface area contributed by atoms with E-state index in [4.69, 9.17) is 4.74 Å². The van der Waals surface area contributed by atoms with Gasteiger partial charge in [-0.1, -0.05) is 50.9 Å². The Hall–Kier alpha value is -3.49. The first kappa shape index (κ1) is 26.1. The van der Waals surface area contributed by atoms with E-state index in [0.717, 1.165) is 42.9 Å².